The van der Waals surface area contributed by atoms with E-state index >= 15 is 0 Å². The highest BCUT2D eigenvalue weighted by molar-refractivity contribution is 7.99. The van der Waals surface area contributed by atoms with Gasteiger partial charge in [0.2, 0.25) is 11.8 Å². The molecular weight excluding hydrogens is 326 g/mol. The lowest BCUT2D eigenvalue weighted by molar-refractivity contribution is -0.134. The summed E-state index contributed by atoms with van der Waals surface area (Å²) in [6.07, 6.45) is 3.86. The van der Waals surface area contributed by atoms with Gasteiger partial charge in [0.15, 0.2) is 5.16 Å². The van der Waals surface area contributed by atoms with Gasteiger partial charge in [0, 0.05) is 51.4 Å². The molecule has 2 rings (SSSR count). The van der Waals surface area contributed by atoms with Crippen molar-refractivity contribution in [1.82, 2.24) is 25.1 Å². The molecule has 7 nitrogen and oxygen atoms in total. The van der Waals surface area contributed by atoms with Gasteiger partial charge in [-0.15, -0.1) is 0 Å². The summed E-state index contributed by atoms with van der Waals surface area (Å²) in [5.74, 6) is 1.10. The van der Waals surface area contributed by atoms with Crippen LogP contribution in [0.25, 0.3) is 0 Å². The Kier molecular flexibility index (Phi) is 7.11. The molecule has 0 spiro atoms. The lowest BCUT2D eigenvalue weighted by atomic mass is 10.1. The Morgan fingerprint density at radius 2 is 2.33 bits per heavy atom. The van der Waals surface area contributed by atoms with E-state index in [4.69, 9.17) is 0 Å². The Morgan fingerprint density at radius 1 is 1.54 bits per heavy atom. The number of carbonyl (C=O) groups is 2. The number of aromatic nitrogens is 2. The third-order valence-corrected chi connectivity index (χ3v) is 4.91. The van der Waals surface area contributed by atoms with Gasteiger partial charge in [0.25, 0.3) is 0 Å². The van der Waals surface area contributed by atoms with Crippen LogP contribution >= 0.6 is 11.8 Å². The monoisotopic (exact) mass is 353 g/mol. The van der Waals surface area contributed by atoms with Crippen LogP contribution in [-0.4, -0.2) is 64.2 Å². The Bertz CT molecular complexity index is 560. The minimum atomic E-state index is -0.358. The van der Waals surface area contributed by atoms with Gasteiger partial charge in [0.05, 0.1) is 12.5 Å². The lowest BCUT2D eigenvalue weighted by Gasteiger charge is -2.35. The highest BCUT2D eigenvalue weighted by Crippen LogP contribution is 2.14. The summed E-state index contributed by atoms with van der Waals surface area (Å²) in [5.41, 5.74) is 0. The van der Waals surface area contributed by atoms with E-state index < -0.39 is 0 Å². The van der Waals surface area contributed by atoms with Crippen LogP contribution in [-0.2, 0) is 16.6 Å². The summed E-state index contributed by atoms with van der Waals surface area (Å²) in [5, 5.41) is 6.69. The van der Waals surface area contributed by atoms with Crippen LogP contribution in [0.15, 0.2) is 17.6 Å². The molecule has 2 amide bonds. The fourth-order valence-electron chi connectivity index (χ4n) is 2.74. The maximum atomic E-state index is 12.2. The van der Waals surface area contributed by atoms with Gasteiger partial charge < -0.3 is 15.2 Å². The summed E-state index contributed by atoms with van der Waals surface area (Å²) in [4.78, 5) is 30.6. The number of hydrogen-bond donors (Lipinski definition) is 2. The van der Waals surface area contributed by atoms with E-state index in [0.29, 0.717) is 19.0 Å². The number of nitrogens with zero attached hydrogens (tertiary/aromatic N) is 3. The fourth-order valence-corrected chi connectivity index (χ4v) is 3.53. The lowest BCUT2D eigenvalue weighted by Crippen LogP contribution is -2.57. The zero-order valence-electron chi connectivity index (χ0n) is 14.6. The van der Waals surface area contributed by atoms with E-state index in [0.717, 1.165) is 24.0 Å². The molecule has 1 saturated heterocycles. The molecule has 24 heavy (non-hydrogen) atoms. The van der Waals surface area contributed by atoms with Crippen molar-refractivity contribution in [2.75, 3.05) is 31.9 Å². The molecule has 1 aliphatic heterocycles. The first-order valence-corrected chi connectivity index (χ1v) is 9.34. The quantitative estimate of drug-likeness (QED) is 0.525. The van der Waals surface area contributed by atoms with Gasteiger partial charge in [-0.1, -0.05) is 25.6 Å². The normalized spacial score (nSPS) is 18.7. The number of thioether (sulfide) groups is 1. The molecule has 8 heteroatoms. The van der Waals surface area contributed by atoms with Crippen LogP contribution in [0.4, 0.5) is 0 Å². The number of aryl methyl sites for hydroxylation is 1. The first kappa shape index (κ1) is 18.8. The largest absolute Gasteiger partial charge is 0.355 e. The minimum Gasteiger partial charge on any atom is -0.355 e. The van der Waals surface area contributed by atoms with E-state index in [1.165, 1.54) is 0 Å². The molecule has 0 saturated carbocycles. The summed E-state index contributed by atoms with van der Waals surface area (Å²) in [6, 6.07) is -0.358. The summed E-state index contributed by atoms with van der Waals surface area (Å²) in [7, 11) is 1.94. The van der Waals surface area contributed by atoms with Gasteiger partial charge in [-0.3, -0.25) is 14.5 Å². The number of carbonyl (C=O) groups excluding carboxylic acids is 2. The molecule has 2 N–H and O–H groups in total. The second kappa shape index (κ2) is 9.08. The zero-order chi connectivity index (χ0) is 17.5. The van der Waals surface area contributed by atoms with Crippen molar-refractivity contribution in [2.45, 2.75) is 31.5 Å². The van der Waals surface area contributed by atoms with E-state index in [1.54, 1.807) is 18.0 Å². The SMILES string of the molecule is CC(C)CN1CCNC(=O)C1CC(=O)NCCSc1nccn1C. The smallest absolute Gasteiger partial charge is 0.237 e. The second-order valence-electron chi connectivity index (χ2n) is 6.42. The van der Waals surface area contributed by atoms with Crippen LogP contribution in [0, 0.1) is 5.92 Å². The minimum absolute atomic E-state index is 0.0422. The van der Waals surface area contributed by atoms with Crippen molar-refractivity contribution < 1.29 is 9.59 Å². The molecule has 0 bridgehead atoms. The van der Waals surface area contributed by atoms with E-state index in [2.05, 4.69) is 34.4 Å². The Hall–Kier alpha value is -1.54. The average molecular weight is 353 g/mol. The van der Waals surface area contributed by atoms with Crippen molar-refractivity contribution in [3.05, 3.63) is 12.4 Å². The molecule has 0 aliphatic carbocycles. The van der Waals surface area contributed by atoms with Crippen molar-refractivity contribution >= 4 is 23.6 Å². The molecule has 134 valence electrons. The fraction of sp³-hybridized carbons (Fsp3) is 0.688. The van der Waals surface area contributed by atoms with Gasteiger partial charge >= 0.3 is 0 Å². The predicted molar refractivity (Wildman–Crippen MR) is 94.8 cm³/mol. The number of amides is 2. The van der Waals surface area contributed by atoms with Crippen molar-refractivity contribution in [1.29, 1.82) is 0 Å². The summed E-state index contributed by atoms with van der Waals surface area (Å²) >= 11 is 1.60. The molecule has 0 aromatic carbocycles. The van der Waals surface area contributed by atoms with Crippen LogP contribution in [0.3, 0.4) is 0 Å². The molecule has 1 atom stereocenters. The topological polar surface area (TPSA) is 79.3 Å². The van der Waals surface area contributed by atoms with E-state index in [9.17, 15) is 9.59 Å². The second-order valence-corrected chi connectivity index (χ2v) is 7.48. The molecule has 2 heterocycles. The molecule has 0 radical (unpaired) electrons. The highest BCUT2D eigenvalue weighted by Gasteiger charge is 2.31. The third-order valence-electron chi connectivity index (χ3n) is 3.85. The average Bonchev–Trinajstić information content (AvgIpc) is 2.92. The number of imidazole rings is 1. The van der Waals surface area contributed by atoms with Gasteiger partial charge in [-0.05, 0) is 5.92 Å². The standard InChI is InChI=1S/C16H27N5O2S/c1-12(2)11-21-8-5-18-15(23)13(21)10-14(22)17-6-9-24-16-19-4-7-20(16)3/h4,7,12-13H,5-6,8-11H2,1-3H3,(H,17,22)(H,18,23). The zero-order valence-corrected chi connectivity index (χ0v) is 15.4. The predicted octanol–water partition coefficient (Wildman–Crippen LogP) is 0.475. The number of hydrogen-bond acceptors (Lipinski definition) is 5. The third kappa shape index (κ3) is 5.52. The molecule has 1 fully saturated rings. The first-order chi connectivity index (χ1) is 11.5. The first-order valence-electron chi connectivity index (χ1n) is 8.36. The summed E-state index contributed by atoms with van der Waals surface area (Å²) in [6.45, 7) is 7.10. The number of nitrogens with one attached hydrogen (secondary N) is 2. The maximum Gasteiger partial charge on any atom is 0.237 e. The van der Waals surface area contributed by atoms with Gasteiger partial charge in [-0.2, -0.15) is 0 Å². The van der Waals surface area contributed by atoms with Crippen molar-refractivity contribution in [2.24, 2.45) is 13.0 Å². The van der Waals surface area contributed by atoms with Crippen molar-refractivity contribution in [3.63, 3.8) is 0 Å². The molecule has 1 aromatic rings. The molecule has 1 unspecified atom stereocenters. The Labute approximate surface area is 147 Å². The van der Waals surface area contributed by atoms with Crippen LogP contribution in [0.5, 0.6) is 0 Å². The molecular formula is C16H27N5O2S. The number of piperazine rings is 1. The highest BCUT2D eigenvalue weighted by atomic mass is 32.2. The van der Waals surface area contributed by atoms with Gasteiger partial charge in [0.1, 0.15) is 0 Å². The van der Waals surface area contributed by atoms with Gasteiger partial charge in [-0.25, -0.2) is 4.98 Å². The molecule has 1 aromatic heterocycles. The molecule has 1 aliphatic rings. The van der Waals surface area contributed by atoms with Crippen LogP contribution in [0.1, 0.15) is 20.3 Å². The number of rotatable bonds is 8. The summed E-state index contributed by atoms with van der Waals surface area (Å²) < 4.78 is 1.95. The van der Waals surface area contributed by atoms with Crippen LogP contribution < -0.4 is 10.6 Å². The van der Waals surface area contributed by atoms with Crippen LogP contribution in [0.2, 0.25) is 0 Å². The van der Waals surface area contributed by atoms with Crippen molar-refractivity contribution in [3.8, 4) is 0 Å². The maximum absolute atomic E-state index is 12.2. The van der Waals surface area contributed by atoms with E-state index in [1.807, 2.05) is 17.8 Å². The Balaban J connectivity index is 1.75. The van der Waals surface area contributed by atoms with E-state index in [-0.39, 0.29) is 24.3 Å². The Morgan fingerprint density at radius 3 is 3.00 bits per heavy atom.